The van der Waals surface area contributed by atoms with E-state index in [4.69, 9.17) is 16.3 Å². The van der Waals surface area contributed by atoms with E-state index in [1.165, 1.54) is 6.34 Å². The number of halogens is 1. The normalized spacial score (nSPS) is 21.8. The van der Waals surface area contributed by atoms with Crippen LogP contribution in [0.3, 0.4) is 0 Å². The molecule has 74 valence electrons. The van der Waals surface area contributed by atoms with Gasteiger partial charge in [-0.05, 0) is 18.2 Å². The average molecular weight is 221 g/mol. The first-order chi connectivity index (χ1) is 7.25. The molecule has 0 radical (unpaired) electrons. The van der Waals surface area contributed by atoms with Gasteiger partial charge in [-0.2, -0.15) is 4.99 Å². The van der Waals surface area contributed by atoms with Crippen molar-refractivity contribution in [1.82, 2.24) is 0 Å². The van der Waals surface area contributed by atoms with Crippen LogP contribution in [0.5, 0.6) is 5.75 Å². The number of hydrogen-bond donors (Lipinski definition) is 0. The van der Waals surface area contributed by atoms with Crippen LogP contribution in [0.15, 0.2) is 28.2 Å². The van der Waals surface area contributed by atoms with Gasteiger partial charge in [0.2, 0.25) is 6.10 Å². The number of ether oxygens (including phenoxy) is 1. The number of fused-ring (bicyclic) bond motifs is 3. The molecule has 2 aliphatic rings. The highest BCUT2D eigenvalue weighted by Crippen LogP contribution is 2.32. The first kappa shape index (κ1) is 8.61. The summed E-state index contributed by atoms with van der Waals surface area (Å²) in [6, 6.07) is 5.18. The number of rotatable bonds is 0. The summed E-state index contributed by atoms with van der Waals surface area (Å²) >= 11 is 5.86. The molecule has 0 saturated carbocycles. The molecule has 0 N–H and O–H groups in total. The fourth-order valence-electron chi connectivity index (χ4n) is 1.65. The largest absolute Gasteiger partial charge is 0.473 e. The van der Waals surface area contributed by atoms with E-state index in [-0.39, 0.29) is 5.91 Å². The minimum absolute atomic E-state index is 0.327. The molecule has 5 heteroatoms. The van der Waals surface area contributed by atoms with Crippen molar-refractivity contribution in [1.29, 1.82) is 0 Å². The van der Waals surface area contributed by atoms with Crippen molar-refractivity contribution in [3.8, 4) is 5.75 Å². The zero-order valence-corrected chi connectivity index (χ0v) is 8.23. The van der Waals surface area contributed by atoms with Crippen LogP contribution in [-0.4, -0.2) is 24.1 Å². The maximum absolute atomic E-state index is 11.4. The molecule has 0 aromatic heterocycles. The lowest BCUT2D eigenvalue weighted by molar-refractivity contribution is -0.121. The zero-order valence-electron chi connectivity index (χ0n) is 7.48. The van der Waals surface area contributed by atoms with Crippen LogP contribution in [0.25, 0.3) is 0 Å². The molecule has 1 atom stereocenters. The summed E-state index contributed by atoms with van der Waals surface area (Å²) in [4.78, 5) is 19.0. The third-order valence-electron chi connectivity index (χ3n) is 2.32. The molecular weight excluding hydrogens is 216 g/mol. The lowest BCUT2D eigenvalue weighted by atomic mass is 10.1. The Morgan fingerprint density at radius 3 is 3.13 bits per heavy atom. The van der Waals surface area contributed by atoms with Crippen LogP contribution in [0.1, 0.15) is 5.56 Å². The lowest BCUT2D eigenvalue weighted by Crippen LogP contribution is -2.32. The van der Waals surface area contributed by atoms with E-state index in [0.717, 1.165) is 5.56 Å². The van der Waals surface area contributed by atoms with Gasteiger partial charge >= 0.3 is 0 Å². The maximum Gasteiger partial charge on any atom is 0.294 e. The number of aliphatic imine (C=N–C) groups is 2. The molecule has 0 spiro atoms. The number of hydrogen-bond acceptors (Lipinski definition) is 3. The van der Waals surface area contributed by atoms with Crippen molar-refractivity contribution in [2.24, 2.45) is 9.98 Å². The fourth-order valence-corrected chi connectivity index (χ4v) is 1.82. The minimum Gasteiger partial charge on any atom is -0.473 e. The Kier molecular flexibility index (Phi) is 1.67. The Bertz CT molecular complexity index is 522. The molecule has 0 fully saturated rings. The summed E-state index contributed by atoms with van der Waals surface area (Å²) in [6.45, 7) is 0. The Labute approximate surface area is 90.2 Å². The van der Waals surface area contributed by atoms with Gasteiger partial charge in [-0.25, -0.2) is 4.99 Å². The minimum atomic E-state index is -0.691. The van der Waals surface area contributed by atoms with Gasteiger partial charge in [0.15, 0.2) is 0 Å². The van der Waals surface area contributed by atoms with Crippen LogP contribution < -0.4 is 4.74 Å². The van der Waals surface area contributed by atoms with E-state index in [1.54, 1.807) is 18.2 Å². The van der Waals surface area contributed by atoms with Crippen molar-refractivity contribution in [2.45, 2.75) is 6.10 Å². The fraction of sp³-hybridized carbons (Fsp3) is 0.100. The van der Waals surface area contributed by atoms with Crippen molar-refractivity contribution in [2.75, 3.05) is 0 Å². The molecule has 0 aliphatic carbocycles. The van der Waals surface area contributed by atoms with E-state index in [0.29, 0.717) is 16.5 Å². The van der Waals surface area contributed by atoms with Gasteiger partial charge in [0.25, 0.3) is 5.91 Å². The van der Waals surface area contributed by atoms with Crippen LogP contribution in [0.2, 0.25) is 5.02 Å². The van der Waals surface area contributed by atoms with E-state index in [2.05, 4.69) is 9.98 Å². The zero-order chi connectivity index (χ0) is 10.4. The number of benzene rings is 1. The van der Waals surface area contributed by atoms with E-state index in [1.807, 2.05) is 0 Å². The summed E-state index contributed by atoms with van der Waals surface area (Å²) in [6.07, 6.45) is 0.552. The average Bonchev–Trinajstić information content (AvgIpc) is 2.58. The summed E-state index contributed by atoms with van der Waals surface area (Å²) in [5.41, 5.74) is 1.36. The van der Waals surface area contributed by atoms with Crippen LogP contribution in [0.4, 0.5) is 0 Å². The number of amides is 1. The van der Waals surface area contributed by atoms with Crippen molar-refractivity contribution in [3.63, 3.8) is 0 Å². The van der Waals surface area contributed by atoms with Gasteiger partial charge in [0.1, 0.15) is 17.8 Å². The molecule has 2 aliphatic heterocycles. The Morgan fingerprint density at radius 1 is 1.40 bits per heavy atom. The first-order valence-electron chi connectivity index (χ1n) is 4.36. The smallest absolute Gasteiger partial charge is 0.294 e. The third-order valence-corrected chi connectivity index (χ3v) is 2.55. The SMILES string of the molecule is O=C1N=CN=C2c3cc(Cl)ccc3O[C@@H]12. The Hall–Kier alpha value is -1.68. The molecule has 2 heterocycles. The summed E-state index contributed by atoms with van der Waals surface area (Å²) < 4.78 is 5.43. The highest BCUT2D eigenvalue weighted by atomic mass is 35.5. The maximum atomic E-state index is 11.4. The topological polar surface area (TPSA) is 51.0 Å². The second kappa shape index (κ2) is 2.90. The van der Waals surface area contributed by atoms with E-state index >= 15 is 0 Å². The molecule has 1 amide bonds. The molecule has 1 aromatic rings. The number of nitrogens with zero attached hydrogens (tertiary/aromatic N) is 2. The molecule has 0 saturated heterocycles. The second-order valence-corrected chi connectivity index (χ2v) is 3.67. The summed E-state index contributed by atoms with van der Waals surface area (Å²) in [7, 11) is 0. The van der Waals surface area contributed by atoms with Crippen LogP contribution in [0, 0.1) is 0 Å². The van der Waals surface area contributed by atoms with Gasteiger partial charge in [-0.3, -0.25) is 4.79 Å². The Balaban J connectivity index is 2.19. The molecular formula is C10H5ClN2O2. The standard InChI is InChI=1S/C10H5ClN2O2/c11-5-1-2-7-6(3-5)8-9(15-7)10(14)13-4-12-8/h1-4,9H/t9-/m1/s1. The molecule has 4 nitrogen and oxygen atoms in total. The molecule has 0 bridgehead atoms. The molecule has 15 heavy (non-hydrogen) atoms. The summed E-state index contributed by atoms with van der Waals surface area (Å²) in [5, 5.41) is 0.593. The van der Waals surface area contributed by atoms with Gasteiger partial charge in [-0.1, -0.05) is 11.6 Å². The van der Waals surface area contributed by atoms with Crippen molar-refractivity contribution in [3.05, 3.63) is 28.8 Å². The van der Waals surface area contributed by atoms with Gasteiger partial charge < -0.3 is 4.74 Å². The molecule has 1 aromatic carbocycles. The third kappa shape index (κ3) is 1.18. The molecule has 0 unspecified atom stereocenters. The molecule has 3 rings (SSSR count). The first-order valence-corrected chi connectivity index (χ1v) is 4.74. The lowest BCUT2D eigenvalue weighted by Gasteiger charge is -2.08. The van der Waals surface area contributed by atoms with Crippen molar-refractivity contribution < 1.29 is 9.53 Å². The van der Waals surface area contributed by atoms with Crippen molar-refractivity contribution >= 4 is 29.6 Å². The van der Waals surface area contributed by atoms with Crippen LogP contribution >= 0.6 is 11.6 Å². The summed E-state index contributed by atoms with van der Waals surface area (Å²) in [5.74, 6) is 0.300. The number of carbonyl (C=O) groups is 1. The second-order valence-electron chi connectivity index (χ2n) is 3.24. The van der Waals surface area contributed by atoms with Gasteiger partial charge in [0, 0.05) is 10.6 Å². The predicted molar refractivity (Wildman–Crippen MR) is 55.9 cm³/mol. The highest BCUT2D eigenvalue weighted by molar-refractivity contribution is 6.32. The highest BCUT2D eigenvalue weighted by Gasteiger charge is 2.37. The quantitative estimate of drug-likeness (QED) is 0.665. The Morgan fingerprint density at radius 2 is 2.27 bits per heavy atom. The predicted octanol–water partition coefficient (Wildman–Crippen LogP) is 1.46. The van der Waals surface area contributed by atoms with E-state index in [9.17, 15) is 4.79 Å². The number of carbonyl (C=O) groups excluding carboxylic acids is 1. The monoisotopic (exact) mass is 220 g/mol. The van der Waals surface area contributed by atoms with Gasteiger partial charge in [-0.15, -0.1) is 0 Å². The van der Waals surface area contributed by atoms with Crippen LogP contribution in [-0.2, 0) is 4.79 Å². The van der Waals surface area contributed by atoms with E-state index < -0.39 is 6.10 Å². The van der Waals surface area contributed by atoms with Gasteiger partial charge in [0.05, 0.1) is 0 Å².